The molecular weight excluding hydrogens is 480 g/mol. The van der Waals surface area contributed by atoms with Crippen LogP contribution in [0.3, 0.4) is 0 Å². The molecule has 16 aliphatic carbocycles. The van der Waals surface area contributed by atoms with Crippen molar-refractivity contribution in [1.82, 2.24) is 0 Å². The third-order valence-corrected chi connectivity index (χ3v) is 23.0. The zero-order chi connectivity index (χ0) is 24.4. The molecule has 0 aromatic heterocycles. The molecule has 0 aliphatic heterocycles. The molecule has 0 heteroatoms. The largest absolute Gasteiger partial charge is 0.0496 e. The topological polar surface area (TPSA) is 0 Å². The van der Waals surface area contributed by atoms with Crippen molar-refractivity contribution >= 4 is 0 Å². The first-order valence-electron chi connectivity index (χ1n) is 19.9. The van der Waals surface area contributed by atoms with Crippen molar-refractivity contribution in [3.05, 3.63) is 0 Å². The molecule has 210 valence electrons. The molecule has 40 heavy (non-hydrogen) atoms. The van der Waals surface area contributed by atoms with Crippen molar-refractivity contribution in [2.75, 3.05) is 0 Å². The Labute approximate surface area is 241 Å². The molecule has 30 atom stereocenters. The number of rotatable bonds is 0. The van der Waals surface area contributed by atoms with Gasteiger partial charge in [0, 0.05) is 0 Å². The van der Waals surface area contributed by atoms with Crippen LogP contribution in [0.25, 0.3) is 0 Å². The Hall–Kier alpha value is 0. The first-order chi connectivity index (χ1) is 19.9. The fourth-order valence-electron chi connectivity index (χ4n) is 24.8. The molecule has 16 rings (SSSR count). The molecule has 0 amide bonds. The van der Waals surface area contributed by atoms with E-state index in [9.17, 15) is 0 Å². The average Bonchev–Trinajstić information content (AvgIpc) is 3.79. The minimum absolute atomic E-state index is 1.23. The summed E-state index contributed by atoms with van der Waals surface area (Å²) in [6.07, 6.45) is 17.3. The lowest BCUT2D eigenvalue weighted by Crippen LogP contribution is -2.58. The van der Waals surface area contributed by atoms with Gasteiger partial charge in [0.25, 0.3) is 0 Å². The minimum atomic E-state index is 1.23. The van der Waals surface area contributed by atoms with E-state index in [4.69, 9.17) is 0 Å². The number of hydrogen-bond acceptors (Lipinski definition) is 0. The van der Waals surface area contributed by atoms with Crippen molar-refractivity contribution in [1.29, 1.82) is 0 Å². The van der Waals surface area contributed by atoms with Gasteiger partial charge in [-0.3, -0.25) is 0 Å². The lowest BCUT2D eigenvalue weighted by atomic mass is 9.43. The van der Waals surface area contributed by atoms with E-state index in [0.29, 0.717) is 0 Å². The lowest BCUT2D eigenvalue weighted by Gasteiger charge is -2.61. The Bertz CT molecular complexity index is 1010. The van der Waals surface area contributed by atoms with Crippen molar-refractivity contribution < 1.29 is 0 Å². The van der Waals surface area contributed by atoms with Gasteiger partial charge in [-0.2, -0.15) is 0 Å². The van der Waals surface area contributed by atoms with Crippen molar-refractivity contribution in [2.24, 2.45) is 178 Å². The zero-order valence-electron chi connectivity index (χ0n) is 24.4. The molecule has 0 nitrogen and oxygen atoms in total. The Morgan fingerprint density at radius 1 is 0.125 bits per heavy atom. The fourth-order valence-corrected chi connectivity index (χ4v) is 24.8. The third-order valence-electron chi connectivity index (χ3n) is 23.0. The van der Waals surface area contributed by atoms with Crippen LogP contribution in [0.1, 0.15) is 64.2 Å². The summed E-state index contributed by atoms with van der Waals surface area (Å²) in [7, 11) is 0. The molecule has 0 aromatic carbocycles. The SMILES string of the molecule is C1C[C@@H]2[C@@H]3CC[C@@H]4[C@@H]5CC[C@@H]6[C@@H]7CC[C@@H]8[C@@H]9CCC%10C1[C@H]1C%11C%12C%13C%14C%15C%12C([C@H]9[C@H]%10%11)[C@@H]8[C@@H]7C%15[C@@H]6[C@@H]5C%14[C@@H]4[C@@H]3C%13[C@H]12. The number of hydrogen-bond donors (Lipinski definition) is 0. The van der Waals surface area contributed by atoms with Gasteiger partial charge in [0.15, 0.2) is 0 Å². The highest BCUT2D eigenvalue weighted by Gasteiger charge is 2.88. The monoisotopic (exact) mass is 530 g/mol. The predicted molar refractivity (Wildman–Crippen MR) is 151 cm³/mol. The summed E-state index contributed by atoms with van der Waals surface area (Å²) in [5, 5.41) is 0. The smallest absolute Gasteiger partial charge is 0.0312 e. The highest BCUT2D eigenvalue weighted by atomic mass is 14.9. The summed E-state index contributed by atoms with van der Waals surface area (Å²) in [5.74, 6) is 37.7. The normalized spacial score (nSPS) is 87.0. The molecule has 16 fully saturated rings. The molecule has 12 unspecified atom stereocenters. The molecule has 0 N–H and O–H groups in total. The molecule has 0 aromatic rings. The Balaban J connectivity index is 1.07. The van der Waals surface area contributed by atoms with Crippen LogP contribution in [0.4, 0.5) is 0 Å². The van der Waals surface area contributed by atoms with E-state index >= 15 is 0 Å². The van der Waals surface area contributed by atoms with Gasteiger partial charge in [-0.05, 0) is 242 Å². The maximum absolute atomic E-state index is 1.73. The molecule has 0 spiro atoms. The number of fused-ring (bicyclic) bond motifs is 5. The molecule has 16 aliphatic rings. The molecule has 16 saturated carbocycles. The van der Waals surface area contributed by atoms with Crippen LogP contribution >= 0.6 is 0 Å². The van der Waals surface area contributed by atoms with Crippen LogP contribution in [-0.4, -0.2) is 0 Å². The first kappa shape index (κ1) is 20.1. The molecule has 0 radical (unpaired) electrons. The second-order valence-electron chi connectivity index (χ2n) is 21.1. The Morgan fingerprint density at radius 2 is 0.225 bits per heavy atom. The van der Waals surface area contributed by atoms with Gasteiger partial charge in [-0.25, -0.2) is 0 Å². The quantitative estimate of drug-likeness (QED) is 0.303. The van der Waals surface area contributed by atoms with Crippen LogP contribution in [0, 0.1) is 178 Å². The van der Waals surface area contributed by atoms with E-state index in [1.807, 2.05) is 0 Å². The summed E-state index contributed by atoms with van der Waals surface area (Å²) >= 11 is 0. The van der Waals surface area contributed by atoms with E-state index < -0.39 is 0 Å². The third kappa shape index (κ3) is 1.52. The van der Waals surface area contributed by atoms with Crippen molar-refractivity contribution in [2.45, 2.75) is 64.2 Å². The van der Waals surface area contributed by atoms with Gasteiger partial charge >= 0.3 is 0 Å². The first-order valence-corrected chi connectivity index (χ1v) is 19.9. The van der Waals surface area contributed by atoms with Crippen molar-refractivity contribution in [3.8, 4) is 0 Å². The fraction of sp³-hybridized carbons (Fsp3) is 1.00. The predicted octanol–water partition coefficient (Wildman–Crippen LogP) is 7.59. The van der Waals surface area contributed by atoms with E-state index in [-0.39, 0.29) is 0 Å². The van der Waals surface area contributed by atoms with Crippen LogP contribution in [-0.2, 0) is 0 Å². The highest BCUT2D eigenvalue weighted by molar-refractivity contribution is 5.35. The van der Waals surface area contributed by atoms with E-state index in [1.165, 1.54) is 178 Å². The summed E-state index contributed by atoms with van der Waals surface area (Å²) in [6.45, 7) is 0. The molecular formula is C40H50. The van der Waals surface area contributed by atoms with Crippen LogP contribution < -0.4 is 0 Å². The molecule has 0 saturated heterocycles. The second kappa shape index (κ2) is 5.63. The minimum Gasteiger partial charge on any atom is -0.0496 e. The van der Waals surface area contributed by atoms with Crippen molar-refractivity contribution in [3.63, 3.8) is 0 Å². The highest BCUT2D eigenvalue weighted by Crippen LogP contribution is 2.92. The molecule has 0 bridgehead atoms. The van der Waals surface area contributed by atoms with Gasteiger partial charge in [0.05, 0.1) is 0 Å². The standard InChI is InChI=1S/C40H50/c1-2-12-14-5-6-16-18-9-10-20-19-8-7-17-15-4-3-13-11(1)21-22(12)32-24(14)26(16)34-29(18)30(20)35-28(19)27(17)33-25(15)23(13)31(21)36-37(32)39(34)40(35)38(33)36/h11-40H,1-10H2/t11-,12+,13+,14-,15-,16+,17+,18-,19?,20?,21+,22-,23-,24+,25+,26-,27-,28+,29+,30-,31?,32?,33?,34?,35?,36?,37?,38?,39?,40?. The second-order valence-corrected chi connectivity index (χ2v) is 21.1. The van der Waals surface area contributed by atoms with Crippen LogP contribution in [0.2, 0.25) is 0 Å². The van der Waals surface area contributed by atoms with Gasteiger partial charge in [0.2, 0.25) is 0 Å². The van der Waals surface area contributed by atoms with Crippen LogP contribution in [0.15, 0.2) is 0 Å². The maximum Gasteiger partial charge on any atom is -0.0312 e. The Morgan fingerprint density at radius 3 is 0.350 bits per heavy atom. The van der Waals surface area contributed by atoms with Gasteiger partial charge in [-0.1, -0.05) is 0 Å². The Kier molecular flexibility index (Phi) is 2.83. The van der Waals surface area contributed by atoms with E-state index in [0.717, 1.165) is 0 Å². The van der Waals surface area contributed by atoms with Gasteiger partial charge in [-0.15, -0.1) is 0 Å². The zero-order valence-corrected chi connectivity index (χ0v) is 24.4. The van der Waals surface area contributed by atoms with E-state index in [1.54, 1.807) is 64.2 Å². The molecule has 0 heterocycles. The summed E-state index contributed by atoms with van der Waals surface area (Å²) in [4.78, 5) is 0. The van der Waals surface area contributed by atoms with Crippen LogP contribution in [0.5, 0.6) is 0 Å². The lowest BCUT2D eigenvalue weighted by molar-refractivity contribution is -0.147. The summed E-state index contributed by atoms with van der Waals surface area (Å²) < 4.78 is 0. The van der Waals surface area contributed by atoms with E-state index in [2.05, 4.69) is 0 Å². The van der Waals surface area contributed by atoms with Gasteiger partial charge in [0.1, 0.15) is 0 Å². The summed E-state index contributed by atoms with van der Waals surface area (Å²) in [5.41, 5.74) is 0. The maximum atomic E-state index is 1.73. The summed E-state index contributed by atoms with van der Waals surface area (Å²) in [6, 6.07) is 0. The average molecular weight is 531 g/mol. The van der Waals surface area contributed by atoms with Gasteiger partial charge < -0.3 is 0 Å².